The van der Waals surface area contributed by atoms with Crippen molar-refractivity contribution in [2.45, 2.75) is 17.4 Å². The number of nitrogens with zero attached hydrogens (tertiary/aromatic N) is 1. The van der Waals surface area contributed by atoms with Crippen molar-refractivity contribution in [1.29, 1.82) is 0 Å². The second-order valence-electron chi connectivity index (χ2n) is 4.51. The van der Waals surface area contributed by atoms with Crippen LogP contribution in [0.1, 0.15) is 6.92 Å². The quantitative estimate of drug-likeness (QED) is 0.551. The zero-order chi connectivity index (χ0) is 15.4. The van der Waals surface area contributed by atoms with Crippen LogP contribution in [0.2, 0.25) is 0 Å². The Morgan fingerprint density at radius 1 is 1.50 bits per heavy atom. The lowest BCUT2D eigenvalue weighted by molar-refractivity contribution is -0.385. The first-order valence-electron chi connectivity index (χ1n) is 5.63. The molecule has 0 heterocycles. The average molecular weight is 304 g/mol. The number of aliphatic hydroxyl groups is 1. The van der Waals surface area contributed by atoms with E-state index in [1.807, 2.05) is 0 Å². The maximum atomic E-state index is 12.0. The summed E-state index contributed by atoms with van der Waals surface area (Å²) in [5, 5.41) is 20.4. The van der Waals surface area contributed by atoms with Gasteiger partial charge in [-0.3, -0.25) is 10.1 Å². The van der Waals surface area contributed by atoms with Crippen LogP contribution in [-0.4, -0.2) is 44.3 Å². The van der Waals surface area contributed by atoms with E-state index in [0.29, 0.717) is 0 Å². The van der Waals surface area contributed by atoms with Gasteiger partial charge in [0, 0.05) is 25.8 Å². The smallest absolute Gasteiger partial charge is 0.270 e. The number of methoxy groups -OCH3 is 1. The van der Waals surface area contributed by atoms with Crippen LogP contribution >= 0.6 is 0 Å². The van der Waals surface area contributed by atoms with Gasteiger partial charge in [-0.25, -0.2) is 13.1 Å². The highest BCUT2D eigenvalue weighted by molar-refractivity contribution is 7.89. The predicted molar refractivity (Wildman–Crippen MR) is 70.8 cm³/mol. The Balaban J connectivity index is 2.89. The second-order valence-corrected chi connectivity index (χ2v) is 6.28. The first-order chi connectivity index (χ1) is 9.18. The van der Waals surface area contributed by atoms with Crippen molar-refractivity contribution in [3.05, 3.63) is 34.4 Å². The molecule has 0 aliphatic carbocycles. The number of nitro groups is 1. The number of non-ortho nitro benzene ring substituents is 1. The summed E-state index contributed by atoms with van der Waals surface area (Å²) in [6.45, 7) is 1.09. The summed E-state index contributed by atoms with van der Waals surface area (Å²) in [7, 11) is -2.56. The van der Waals surface area contributed by atoms with E-state index >= 15 is 0 Å². The molecule has 9 heteroatoms. The minimum atomic E-state index is -3.94. The number of ether oxygens (including phenoxy) is 1. The molecule has 0 saturated carbocycles. The first kappa shape index (κ1) is 16.5. The molecule has 1 atom stereocenters. The second kappa shape index (κ2) is 6.27. The van der Waals surface area contributed by atoms with Crippen molar-refractivity contribution in [2.75, 3.05) is 20.3 Å². The number of nitrogens with one attached hydrogen (secondary N) is 1. The van der Waals surface area contributed by atoms with E-state index in [1.165, 1.54) is 32.2 Å². The van der Waals surface area contributed by atoms with Crippen LogP contribution in [0.5, 0.6) is 0 Å². The van der Waals surface area contributed by atoms with Gasteiger partial charge in [0.2, 0.25) is 10.0 Å². The molecule has 0 saturated heterocycles. The first-order valence-corrected chi connectivity index (χ1v) is 7.12. The van der Waals surface area contributed by atoms with Crippen molar-refractivity contribution in [1.82, 2.24) is 4.72 Å². The standard InChI is InChI=1S/C11H16N2O6S/c1-11(14,8-19-2)7-12-20(17,18)10-5-3-4-9(6-10)13(15)16/h3-6,12,14H,7-8H2,1-2H3. The molecule has 0 aromatic heterocycles. The third kappa shape index (κ3) is 4.53. The maximum Gasteiger partial charge on any atom is 0.270 e. The Hall–Kier alpha value is -1.55. The molecule has 1 aromatic rings. The Kier molecular flexibility index (Phi) is 5.17. The molecule has 0 bridgehead atoms. The van der Waals surface area contributed by atoms with Gasteiger partial charge in [0.05, 0.1) is 22.0 Å². The molecule has 0 aliphatic rings. The summed E-state index contributed by atoms with van der Waals surface area (Å²) in [5.74, 6) is 0. The number of rotatable bonds is 7. The van der Waals surface area contributed by atoms with Gasteiger partial charge in [0.15, 0.2) is 0 Å². The van der Waals surface area contributed by atoms with Crippen molar-refractivity contribution < 1.29 is 23.2 Å². The van der Waals surface area contributed by atoms with Crippen LogP contribution in [0.15, 0.2) is 29.2 Å². The molecule has 112 valence electrons. The van der Waals surface area contributed by atoms with E-state index in [1.54, 1.807) is 0 Å². The summed E-state index contributed by atoms with van der Waals surface area (Å²) < 4.78 is 30.9. The van der Waals surface area contributed by atoms with Gasteiger partial charge in [0.1, 0.15) is 0 Å². The van der Waals surface area contributed by atoms with E-state index in [0.717, 1.165) is 6.07 Å². The van der Waals surface area contributed by atoms with E-state index in [4.69, 9.17) is 4.74 Å². The molecule has 0 spiro atoms. The Labute approximate surface area is 116 Å². The largest absolute Gasteiger partial charge is 0.386 e. The van der Waals surface area contributed by atoms with E-state index < -0.39 is 20.5 Å². The van der Waals surface area contributed by atoms with Gasteiger partial charge in [-0.2, -0.15) is 0 Å². The molecule has 1 aromatic carbocycles. The predicted octanol–water partition coefficient (Wildman–Crippen LogP) is 0.271. The molecule has 0 aliphatic heterocycles. The molecule has 0 fully saturated rings. The average Bonchev–Trinajstić information content (AvgIpc) is 2.37. The highest BCUT2D eigenvalue weighted by atomic mass is 32.2. The number of sulfonamides is 1. The molecule has 1 rings (SSSR count). The van der Waals surface area contributed by atoms with Gasteiger partial charge < -0.3 is 9.84 Å². The fraction of sp³-hybridized carbons (Fsp3) is 0.455. The number of nitro benzene ring substituents is 1. The van der Waals surface area contributed by atoms with Crippen molar-refractivity contribution in [2.24, 2.45) is 0 Å². The zero-order valence-corrected chi connectivity index (χ0v) is 11.9. The van der Waals surface area contributed by atoms with Crippen LogP contribution in [0.25, 0.3) is 0 Å². The number of hydrogen-bond donors (Lipinski definition) is 2. The minimum Gasteiger partial charge on any atom is -0.386 e. The lowest BCUT2D eigenvalue weighted by Gasteiger charge is -2.22. The zero-order valence-electron chi connectivity index (χ0n) is 11.1. The van der Waals surface area contributed by atoms with Crippen molar-refractivity contribution in [3.8, 4) is 0 Å². The van der Waals surface area contributed by atoms with E-state index in [2.05, 4.69) is 4.72 Å². The lowest BCUT2D eigenvalue weighted by atomic mass is 10.1. The van der Waals surface area contributed by atoms with Crippen LogP contribution in [-0.2, 0) is 14.8 Å². The normalized spacial score (nSPS) is 14.8. The van der Waals surface area contributed by atoms with Crippen LogP contribution in [0.3, 0.4) is 0 Å². The van der Waals surface area contributed by atoms with Gasteiger partial charge in [-0.15, -0.1) is 0 Å². The molecule has 2 N–H and O–H groups in total. The molecule has 8 nitrogen and oxygen atoms in total. The van der Waals surface area contributed by atoms with Gasteiger partial charge >= 0.3 is 0 Å². The molecule has 20 heavy (non-hydrogen) atoms. The Bertz CT molecular complexity index is 584. The van der Waals surface area contributed by atoms with E-state index in [9.17, 15) is 23.6 Å². The lowest BCUT2D eigenvalue weighted by Crippen LogP contribution is -2.43. The molecule has 0 amide bonds. The number of hydrogen-bond acceptors (Lipinski definition) is 6. The summed E-state index contributed by atoms with van der Waals surface area (Å²) in [6, 6.07) is 4.66. The fourth-order valence-corrected chi connectivity index (χ4v) is 2.66. The van der Waals surface area contributed by atoms with E-state index in [-0.39, 0.29) is 23.7 Å². The van der Waals surface area contributed by atoms with Crippen LogP contribution < -0.4 is 4.72 Å². The molecular weight excluding hydrogens is 288 g/mol. The Morgan fingerprint density at radius 2 is 2.15 bits per heavy atom. The topological polar surface area (TPSA) is 119 Å². The van der Waals surface area contributed by atoms with Gasteiger partial charge in [-0.05, 0) is 13.0 Å². The van der Waals surface area contributed by atoms with Crippen LogP contribution in [0.4, 0.5) is 5.69 Å². The molecule has 1 unspecified atom stereocenters. The highest BCUT2D eigenvalue weighted by Crippen LogP contribution is 2.17. The highest BCUT2D eigenvalue weighted by Gasteiger charge is 2.25. The summed E-state index contributed by atoms with van der Waals surface area (Å²) >= 11 is 0. The summed E-state index contributed by atoms with van der Waals surface area (Å²) in [6.07, 6.45) is 0. The Morgan fingerprint density at radius 3 is 2.70 bits per heavy atom. The third-order valence-corrected chi connectivity index (χ3v) is 3.84. The monoisotopic (exact) mass is 304 g/mol. The molecular formula is C11H16N2O6S. The van der Waals surface area contributed by atoms with Crippen molar-refractivity contribution in [3.63, 3.8) is 0 Å². The van der Waals surface area contributed by atoms with Gasteiger partial charge in [0.25, 0.3) is 5.69 Å². The van der Waals surface area contributed by atoms with Crippen molar-refractivity contribution >= 4 is 15.7 Å². The van der Waals surface area contributed by atoms with Crippen LogP contribution in [0, 0.1) is 10.1 Å². The summed E-state index contributed by atoms with van der Waals surface area (Å²) in [4.78, 5) is 9.70. The fourth-order valence-electron chi connectivity index (χ4n) is 1.46. The minimum absolute atomic E-state index is 0.0511. The number of benzene rings is 1. The molecule has 0 radical (unpaired) electrons. The summed E-state index contributed by atoms with van der Waals surface area (Å²) in [5.41, 5.74) is -1.70. The third-order valence-electron chi connectivity index (χ3n) is 2.44. The SMILES string of the molecule is COCC(C)(O)CNS(=O)(=O)c1cccc([N+](=O)[O-])c1. The van der Waals surface area contributed by atoms with Gasteiger partial charge in [-0.1, -0.05) is 6.07 Å². The maximum absolute atomic E-state index is 12.0.